The Morgan fingerprint density at radius 3 is 2.50 bits per heavy atom. The maximum absolute atomic E-state index is 12.4. The molecule has 0 aliphatic heterocycles. The molecular formula is C34H56O2. The molecule has 4 aliphatic carbocycles. The van der Waals surface area contributed by atoms with Crippen LogP contribution in [0.4, 0.5) is 0 Å². The molecule has 0 spiro atoms. The number of fused-ring (bicyclic) bond motifs is 5. The molecule has 0 heterocycles. The van der Waals surface area contributed by atoms with Gasteiger partial charge in [-0.3, -0.25) is 0 Å². The Kier molecular flexibility index (Phi) is 8.83. The van der Waals surface area contributed by atoms with Crippen molar-refractivity contribution in [1.82, 2.24) is 0 Å². The fourth-order valence-electron chi connectivity index (χ4n) is 9.39. The number of carbonyl (C=O) groups is 1. The lowest BCUT2D eigenvalue weighted by Gasteiger charge is -2.58. The summed E-state index contributed by atoms with van der Waals surface area (Å²) < 4.78 is 5.91. The number of hydrogen-bond donors (Lipinski definition) is 0. The molecule has 0 aromatic carbocycles. The summed E-state index contributed by atoms with van der Waals surface area (Å²) in [6, 6.07) is 0. The third kappa shape index (κ3) is 5.68. The van der Waals surface area contributed by atoms with Crippen molar-refractivity contribution in [2.45, 2.75) is 132 Å². The number of hydrogen-bond acceptors (Lipinski definition) is 2. The molecule has 3 saturated carbocycles. The fourth-order valence-corrected chi connectivity index (χ4v) is 9.39. The molecule has 4 rings (SSSR count). The molecule has 0 aromatic rings. The molecule has 36 heavy (non-hydrogen) atoms. The summed E-state index contributed by atoms with van der Waals surface area (Å²) in [4.78, 5) is 12.4. The molecule has 204 valence electrons. The van der Waals surface area contributed by atoms with Crippen LogP contribution in [0.25, 0.3) is 0 Å². The molecule has 2 heteroatoms. The van der Waals surface area contributed by atoms with Crippen molar-refractivity contribution in [2.75, 3.05) is 0 Å². The van der Waals surface area contributed by atoms with Gasteiger partial charge in [0.05, 0.1) is 0 Å². The van der Waals surface area contributed by atoms with Gasteiger partial charge in [0.25, 0.3) is 0 Å². The monoisotopic (exact) mass is 496 g/mol. The highest BCUT2D eigenvalue weighted by Gasteiger charge is 2.59. The van der Waals surface area contributed by atoms with E-state index in [0.717, 1.165) is 54.8 Å². The smallest absolute Gasteiger partial charge is 0.330 e. The average molecular weight is 497 g/mol. The van der Waals surface area contributed by atoms with Crippen molar-refractivity contribution in [3.8, 4) is 0 Å². The number of allylic oxidation sites excluding steroid dienone is 2. The minimum Gasteiger partial charge on any atom is -0.459 e. The zero-order valence-corrected chi connectivity index (χ0v) is 24.7. The van der Waals surface area contributed by atoms with E-state index in [-0.39, 0.29) is 12.1 Å². The summed E-state index contributed by atoms with van der Waals surface area (Å²) >= 11 is 0. The predicted octanol–water partition coefficient (Wildman–Crippen LogP) is 9.54. The molecule has 2 nitrogen and oxygen atoms in total. The van der Waals surface area contributed by atoms with Gasteiger partial charge in [-0.05, 0) is 104 Å². The van der Waals surface area contributed by atoms with E-state index in [1.807, 2.05) is 6.08 Å². The van der Waals surface area contributed by atoms with Gasteiger partial charge in [-0.2, -0.15) is 0 Å². The van der Waals surface area contributed by atoms with E-state index in [1.54, 1.807) is 11.6 Å². The van der Waals surface area contributed by atoms with Gasteiger partial charge < -0.3 is 4.74 Å². The number of rotatable bonds is 9. The van der Waals surface area contributed by atoms with E-state index < -0.39 is 0 Å². The third-order valence-corrected chi connectivity index (χ3v) is 11.4. The van der Waals surface area contributed by atoms with E-state index in [1.165, 1.54) is 57.8 Å². The highest BCUT2D eigenvalue weighted by Crippen LogP contribution is 2.67. The maximum Gasteiger partial charge on any atom is 0.330 e. The van der Waals surface area contributed by atoms with Crippen LogP contribution in [-0.2, 0) is 9.53 Å². The van der Waals surface area contributed by atoms with Crippen LogP contribution in [0.5, 0.6) is 0 Å². The SMILES string of the molecule is CC(C)CC=CC(=O)OC1CCC2(C)C(=CCC3C2CCC2(C)C(C(C)CCCC(C)C)CCC32)C1. The zero-order chi connectivity index (χ0) is 26.1. The van der Waals surface area contributed by atoms with Crippen LogP contribution in [0, 0.1) is 52.3 Å². The molecule has 0 amide bonds. The summed E-state index contributed by atoms with van der Waals surface area (Å²) in [6.07, 6.45) is 21.6. The Morgan fingerprint density at radius 1 is 1.00 bits per heavy atom. The Labute approximate surface area is 223 Å². The van der Waals surface area contributed by atoms with Gasteiger partial charge in [0.15, 0.2) is 0 Å². The normalized spacial score (nSPS) is 39.0. The van der Waals surface area contributed by atoms with Crippen LogP contribution in [0.1, 0.15) is 126 Å². The summed E-state index contributed by atoms with van der Waals surface area (Å²) in [5.74, 6) is 5.66. The first-order chi connectivity index (χ1) is 17.0. The zero-order valence-electron chi connectivity index (χ0n) is 24.7. The highest BCUT2D eigenvalue weighted by atomic mass is 16.5. The van der Waals surface area contributed by atoms with E-state index in [4.69, 9.17) is 4.74 Å². The predicted molar refractivity (Wildman–Crippen MR) is 152 cm³/mol. The van der Waals surface area contributed by atoms with Crippen LogP contribution in [0.3, 0.4) is 0 Å². The highest BCUT2D eigenvalue weighted by molar-refractivity contribution is 5.82. The second-order valence-corrected chi connectivity index (χ2v) is 14.6. The first-order valence-corrected chi connectivity index (χ1v) is 15.6. The molecule has 0 N–H and O–H groups in total. The van der Waals surface area contributed by atoms with E-state index in [9.17, 15) is 4.79 Å². The topological polar surface area (TPSA) is 26.3 Å². The summed E-state index contributed by atoms with van der Waals surface area (Å²) in [7, 11) is 0. The second-order valence-electron chi connectivity index (χ2n) is 14.6. The Bertz CT molecular complexity index is 821. The van der Waals surface area contributed by atoms with Crippen molar-refractivity contribution in [3.05, 3.63) is 23.8 Å². The van der Waals surface area contributed by atoms with E-state index >= 15 is 0 Å². The van der Waals surface area contributed by atoms with Crippen molar-refractivity contribution >= 4 is 5.97 Å². The second kappa shape index (κ2) is 11.4. The number of ether oxygens (including phenoxy) is 1. The number of carbonyl (C=O) groups excluding carboxylic acids is 1. The lowest BCUT2D eigenvalue weighted by atomic mass is 9.47. The van der Waals surface area contributed by atoms with Gasteiger partial charge >= 0.3 is 5.97 Å². The molecule has 0 radical (unpaired) electrons. The van der Waals surface area contributed by atoms with Gasteiger partial charge in [-0.15, -0.1) is 0 Å². The molecule has 0 aromatic heterocycles. The van der Waals surface area contributed by atoms with Gasteiger partial charge in [0, 0.05) is 12.5 Å². The summed E-state index contributed by atoms with van der Waals surface area (Å²) in [5.41, 5.74) is 2.48. The van der Waals surface area contributed by atoms with Crippen molar-refractivity contribution in [1.29, 1.82) is 0 Å². The van der Waals surface area contributed by atoms with Crippen LogP contribution < -0.4 is 0 Å². The molecule has 3 fully saturated rings. The first kappa shape index (κ1) is 28.0. The molecule has 8 atom stereocenters. The maximum atomic E-state index is 12.4. The first-order valence-electron chi connectivity index (χ1n) is 15.6. The van der Waals surface area contributed by atoms with Gasteiger partial charge in [-0.25, -0.2) is 4.79 Å². The van der Waals surface area contributed by atoms with E-state index in [2.05, 4.69) is 54.5 Å². The largest absolute Gasteiger partial charge is 0.459 e. The molecular weight excluding hydrogens is 440 g/mol. The molecule has 0 bridgehead atoms. The standard InChI is InChI=1S/C34H56O2/c1-23(2)10-8-12-25(5)29-16-17-30-28-15-14-26-22-27(36-32(35)13-9-11-24(3)4)18-20-33(26,6)31(28)19-21-34(29,30)7/h9,13-14,23-25,27-31H,8,10-12,15-22H2,1-7H3. The van der Waals surface area contributed by atoms with Crippen LogP contribution in [-0.4, -0.2) is 12.1 Å². The summed E-state index contributed by atoms with van der Waals surface area (Å²) in [5, 5.41) is 0. The average Bonchev–Trinajstić information content (AvgIpc) is 3.16. The Hall–Kier alpha value is -1.05. The van der Waals surface area contributed by atoms with E-state index in [0.29, 0.717) is 16.7 Å². The van der Waals surface area contributed by atoms with Crippen molar-refractivity contribution < 1.29 is 9.53 Å². The third-order valence-electron chi connectivity index (χ3n) is 11.4. The molecule has 4 aliphatic rings. The lowest BCUT2D eigenvalue weighted by molar-refractivity contribution is -0.145. The van der Waals surface area contributed by atoms with Crippen LogP contribution in [0.2, 0.25) is 0 Å². The molecule has 8 unspecified atom stereocenters. The minimum absolute atomic E-state index is 0.0634. The Morgan fingerprint density at radius 2 is 1.78 bits per heavy atom. The van der Waals surface area contributed by atoms with Crippen molar-refractivity contribution in [3.63, 3.8) is 0 Å². The summed E-state index contributed by atoms with van der Waals surface area (Å²) in [6.45, 7) is 16.9. The fraction of sp³-hybridized carbons (Fsp3) is 0.853. The Balaban J connectivity index is 1.39. The van der Waals surface area contributed by atoms with Gasteiger partial charge in [0.2, 0.25) is 0 Å². The van der Waals surface area contributed by atoms with Gasteiger partial charge in [0.1, 0.15) is 6.10 Å². The lowest BCUT2D eigenvalue weighted by Crippen LogP contribution is -2.51. The molecule has 0 saturated heterocycles. The van der Waals surface area contributed by atoms with Crippen molar-refractivity contribution in [2.24, 2.45) is 52.3 Å². The van der Waals surface area contributed by atoms with Crippen LogP contribution >= 0.6 is 0 Å². The van der Waals surface area contributed by atoms with Gasteiger partial charge in [-0.1, -0.05) is 85.5 Å². The minimum atomic E-state index is -0.147. The number of esters is 1. The quantitative estimate of drug-likeness (QED) is 0.180. The van der Waals surface area contributed by atoms with Crippen LogP contribution in [0.15, 0.2) is 23.8 Å².